The summed E-state index contributed by atoms with van der Waals surface area (Å²) in [6, 6.07) is 20.4. The minimum absolute atomic E-state index is 0.00292. The van der Waals surface area contributed by atoms with Gasteiger partial charge >= 0.3 is 10.2 Å². The van der Waals surface area contributed by atoms with Gasteiger partial charge in [-0.15, -0.1) is 0 Å². The van der Waals surface area contributed by atoms with Crippen molar-refractivity contribution in [2.45, 2.75) is 4.90 Å². The molecule has 3 aromatic carbocycles. The zero-order chi connectivity index (χ0) is 18.2. The maximum Gasteiger partial charge on any atom is 0.310 e. The smallest absolute Gasteiger partial charge is 0.310 e. The fourth-order valence-corrected chi connectivity index (χ4v) is 3.14. The summed E-state index contributed by atoms with van der Waals surface area (Å²) >= 11 is 0. The lowest BCUT2D eigenvalue weighted by molar-refractivity contribution is 0.364. The van der Waals surface area contributed by atoms with E-state index in [2.05, 4.69) is 0 Å². The molecule has 0 aliphatic carbocycles. The summed E-state index contributed by atoms with van der Waals surface area (Å²) in [5.41, 5.74) is 1.13. The standard InChI is InChI=1S/C18H14F5NS/c19-25(20,21,22,23)18-13-7-12-17(14-18)24(15-8-3-1-4-9-15)16-10-5-2-6-11-16/h1-14H. The van der Waals surface area contributed by atoms with Crippen LogP contribution in [0, 0.1) is 0 Å². The SMILES string of the molecule is FS(F)(F)(F)(F)c1cccc(N(c2ccccc2)c2ccccc2)c1. The van der Waals surface area contributed by atoms with Crippen molar-refractivity contribution in [2.24, 2.45) is 0 Å². The Labute approximate surface area is 142 Å². The highest BCUT2D eigenvalue weighted by Gasteiger charge is 2.65. The molecule has 0 fully saturated rings. The Morgan fingerprint density at radius 1 is 0.520 bits per heavy atom. The highest BCUT2D eigenvalue weighted by molar-refractivity contribution is 8.45. The molecule has 132 valence electrons. The first-order valence-electron chi connectivity index (χ1n) is 7.29. The third kappa shape index (κ3) is 3.93. The first kappa shape index (κ1) is 17.3. The first-order valence-corrected chi connectivity index (χ1v) is 9.24. The number of nitrogens with zero attached hydrogens (tertiary/aromatic N) is 1. The number of rotatable bonds is 4. The molecule has 0 saturated heterocycles. The van der Waals surface area contributed by atoms with E-state index in [-0.39, 0.29) is 5.69 Å². The molecule has 0 radical (unpaired) electrons. The van der Waals surface area contributed by atoms with Gasteiger partial charge in [-0.05, 0) is 42.5 Å². The number of halogens is 5. The van der Waals surface area contributed by atoms with Crippen LogP contribution >= 0.6 is 10.2 Å². The van der Waals surface area contributed by atoms with E-state index in [0.717, 1.165) is 6.07 Å². The molecule has 3 rings (SSSR count). The summed E-state index contributed by atoms with van der Waals surface area (Å²) in [6.07, 6.45) is 0. The highest BCUT2D eigenvalue weighted by Crippen LogP contribution is 3.02. The van der Waals surface area contributed by atoms with Crippen LogP contribution < -0.4 is 4.90 Å². The fourth-order valence-electron chi connectivity index (χ4n) is 2.46. The van der Waals surface area contributed by atoms with Crippen molar-refractivity contribution in [3.63, 3.8) is 0 Å². The summed E-state index contributed by atoms with van der Waals surface area (Å²) in [5.74, 6) is 0. The van der Waals surface area contributed by atoms with Crippen LogP contribution in [0.4, 0.5) is 36.5 Å². The lowest BCUT2D eigenvalue weighted by Gasteiger charge is -2.41. The quantitative estimate of drug-likeness (QED) is 0.423. The van der Waals surface area contributed by atoms with Crippen molar-refractivity contribution in [1.29, 1.82) is 0 Å². The van der Waals surface area contributed by atoms with E-state index in [0.29, 0.717) is 23.5 Å². The molecule has 0 aliphatic rings. The first-order chi connectivity index (χ1) is 11.5. The Kier molecular flexibility index (Phi) is 3.61. The van der Waals surface area contributed by atoms with Crippen molar-refractivity contribution >= 4 is 27.3 Å². The second-order valence-electron chi connectivity index (χ2n) is 5.47. The molecule has 0 unspecified atom stereocenters. The van der Waals surface area contributed by atoms with Crippen molar-refractivity contribution in [2.75, 3.05) is 4.90 Å². The van der Waals surface area contributed by atoms with Gasteiger partial charge in [-0.1, -0.05) is 61.9 Å². The Morgan fingerprint density at radius 3 is 1.40 bits per heavy atom. The van der Waals surface area contributed by atoms with Gasteiger partial charge in [-0.2, -0.15) is 0 Å². The molecule has 0 aromatic heterocycles. The number of hydrogen-bond donors (Lipinski definition) is 0. The van der Waals surface area contributed by atoms with E-state index >= 15 is 0 Å². The van der Waals surface area contributed by atoms with Gasteiger partial charge in [0.15, 0.2) is 0 Å². The second kappa shape index (κ2) is 5.23. The minimum atomic E-state index is -9.75. The van der Waals surface area contributed by atoms with E-state index in [9.17, 15) is 19.4 Å². The maximum atomic E-state index is 13.2. The molecular weight excluding hydrogens is 357 g/mol. The molecule has 7 heteroatoms. The molecular formula is C18H14F5NS. The Hall–Kier alpha value is -2.54. The van der Waals surface area contributed by atoms with Gasteiger partial charge in [0.2, 0.25) is 0 Å². The monoisotopic (exact) mass is 371 g/mol. The molecule has 0 amide bonds. The Balaban J connectivity index is 2.20. The molecule has 25 heavy (non-hydrogen) atoms. The summed E-state index contributed by atoms with van der Waals surface area (Å²) in [5, 5.41) is 0. The maximum absolute atomic E-state index is 13.2. The van der Waals surface area contributed by atoms with Crippen LogP contribution in [0.25, 0.3) is 0 Å². The molecule has 0 heterocycles. The predicted molar refractivity (Wildman–Crippen MR) is 92.5 cm³/mol. The zero-order valence-electron chi connectivity index (χ0n) is 12.8. The number of hydrogen-bond acceptors (Lipinski definition) is 1. The summed E-state index contributed by atoms with van der Waals surface area (Å²) in [7, 11) is -9.75. The third-order valence-corrected chi connectivity index (χ3v) is 4.69. The highest BCUT2D eigenvalue weighted by atomic mass is 32.5. The Bertz CT molecular complexity index is 841. The zero-order valence-corrected chi connectivity index (χ0v) is 13.6. The van der Waals surface area contributed by atoms with Gasteiger partial charge in [-0.3, -0.25) is 0 Å². The van der Waals surface area contributed by atoms with Crippen LogP contribution in [0.15, 0.2) is 89.8 Å². The van der Waals surface area contributed by atoms with Gasteiger partial charge in [0.1, 0.15) is 4.90 Å². The molecule has 0 aliphatic heterocycles. The average molecular weight is 371 g/mol. The molecule has 0 bridgehead atoms. The number of anilines is 3. The molecule has 0 N–H and O–H groups in total. The molecule has 1 nitrogen and oxygen atoms in total. The lowest BCUT2D eigenvalue weighted by atomic mass is 10.2. The molecule has 0 spiro atoms. The van der Waals surface area contributed by atoms with E-state index < -0.39 is 15.1 Å². The predicted octanol–water partition coefficient (Wildman–Crippen LogP) is 7.81. The van der Waals surface area contributed by atoms with Crippen molar-refractivity contribution in [1.82, 2.24) is 0 Å². The van der Waals surface area contributed by atoms with Crippen LogP contribution in [0.5, 0.6) is 0 Å². The van der Waals surface area contributed by atoms with Crippen LogP contribution in [-0.2, 0) is 0 Å². The summed E-state index contributed by atoms with van der Waals surface area (Å²) in [6.45, 7) is 0. The van der Waals surface area contributed by atoms with Gasteiger partial charge in [0.25, 0.3) is 0 Å². The largest absolute Gasteiger partial charge is 0.310 e. The molecule has 0 atom stereocenters. The van der Waals surface area contributed by atoms with Gasteiger partial charge < -0.3 is 4.90 Å². The van der Waals surface area contributed by atoms with E-state index in [1.54, 1.807) is 60.7 Å². The summed E-state index contributed by atoms with van der Waals surface area (Å²) < 4.78 is 65.9. The third-order valence-electron chi connectivity index (χ3n) is 3.55. The molecule has 3 aromatic rings. The van der Waals surface area contributed by atoms with Crippen molar-refractivity contribution < 1.29 is 19.4 Å². The fraction of sp³-hybridized carbons (Fsp3) is 0. The number of para-hydroxylation sites is 2. The van der Waals surface area contributed by atoms with E-state index in [4.69, 9.17) is 0 Å². The van der Waals surface area contributed by atoms with E-state index in [1.807, 2.05) is 0 Å². The van der Waals surface area contributed by atoms with Crippen molar-refractivity contribution in [3.8, 4) is 0 Å². The Morgan fingerprint density at radius 2 is 0.960 bits per heavy atom. The van der Waals surface area contributed by atoms with E-state index in [1.165, 1.54) is 11.0 Å². The normalized spacial score (nSPS) is 14.4. The molecule has 0 saturated carbocycles. The lowest BCUT2D eigenvalue weighted by Crippen LogP contribution is -2.12. The van der Waals surface area contributed by atoms with Crippen LogP contribution in [-0.4, -0.2) is 0 Å². The van der Waals surface area contributed by atoms with Crippen LogP contribution in [0.3, 0.4) is 0 Å². The van der Waals surface area contributed by atoms with Crippen LogP contribution in [0.2, 0.25) is 0 Å². The van der Waals surface area contributed by atoms with Gasteiger partial charge in [-0.25, -0.2) is 0 Å². The number of benzene rings is 3. The van der Waals surface area contributed by atoms with Crippen LogP contribution in [0.1, 0.15) is 0 Å². The van der Waals surface area contributed by atoms with Gasteiger partial charge in [0, 0.05) is 17.1 Å². The van der Waals surface area contributed by atoms with Crippen molar-refractivity contribution in [3.05, 3.63) is 84.9 Å². The average Bonchev–Trinajstić information content (AvgIpc) is 2.55. The second-order valence-corrected chi connectivity index (χ2v) is 7.88. The topological polar surface area (TPSA) is 3.24 Å². The summed E-state index contributed by atoms with van der Waals surface area (Å²) in [4.78, 5) is -0.415. The minimum Gasteiger partial charge on any atom is -0.310 e. The van der Waals surface area contributed by atoms with Gasteiger partial charge in [0.05, 0.1) is 0 Å².